The lowest BCUT2D eigenvalue weighted by Gasteiger charge is -2.20. The zero-order valence-corrected chi connectivity index (χ0v) is 19.3. The highest BCUT2D eigenvalue weighted by molar-refractivity contribution is 14.0. The number of ether oxygens (including phenoxy) is 3. The number of nitrogens with one attached hydrogen (secondary N) is 2. The first-order valence-electron chi connectivity index (χ1n) is 9.14. The molecule has 0 saturated carbocycles. The first kappa shape index (κ1) is 24.4. The van der Waals surface area contributed by atoms with E-state index in [-0.39, 0.29) is 42.2 Å². The predicted molar refractivity (Wildman–Crippen MR) is 120 cm³/mol. The largest absolute Gasteiger partial charge is 0.379 e. The van der Waals surface area contributed by atoms with Crippen molar-refractivity contribution in [1.82, 2.24) is 10.6 Å². The van der Waals surface area contributed by atoms with Crippen molar-refractivity contribution in [2.45, 2.75) is 38.5 Å². The van der Waals surface area contributed by atoms with Crippen LogP contribution in [0.5, 0.6) is 0 Å². The van der Waals surface area contributed by atoms with Crippen molar-refractivity contribution in [3.05, 3.63) is 34.9 Å². The summed E-state index contributed by atoms with van der Waals surface area (Å²) in [6, 6.07) is 7.81. The predicted octanol–water partition coefficient (Wildman–Crippen LogP) is 3.39. The summed E-state index contributed by atoms with van der Waals surface area (Å²) in [4.78, 5) is 4.66. The molecule has 1 saturated heterocycles. The molecule has 0 radical (unpaired) electrons. The van der Waals surface area contributed by atoms with Crippen molar-refractivity contribution in [3.63, 3.8) is 0 Å². The fraction of sp³-hybridized carbons (Fsp3) is 0.632. The number of nitrogens with zero attached hydrogens (tertiary/aromatic N) is 1. The molecular weight excluding hydrogens is 481 g/mol. The van der Waals surface area contributed by atoms with E-state index in [2.05, 4.69) is 22.5 Å². The lowest BCUT2D eigenvalue weighted by atomic mass is 10.1. The van der Waals surface area contributed by atoms with Crippen molar-refractivity contribution in [2.24, 2.45) is 4.99 Å². The van der Waals surface area contributed by atoms with E-state index in [4.69, 9.17) is 25.8 Å². The number of aliphatic imine (C=N–C) groups is 1. The summed E-state index contributed by atoms with van der Waals surface area (Å²) in [5.74, 6) is 0.746. The summed E-state index contributed by atoms with van der Waals surface area (Å²) in [5.41, 5.74) is 1.01. The number of hydrogen-bond donors (Lipinski definition) is 2. The van der Waals surface area contributed by atoms with Gasteiger partial charge in [0.25, 0.3) is 0 Å². The SMILES string of the molecule is CCNC(=NCC(OC)c1cccc(Cl)c1)NC(C)COC1CCOC1.I. The summed E-state index contributed by atoms with van der Waals surface area (Å²) < 4.78 is 16.8. The molecule has 1 aliphatic heterocycles. The van der Waals surface area contributed by atoms with Gasteiger partial charge in [-0.15, -0.1) is 24.0 Å². The average Bonchev–Trinajstić information content (AvgIpc) is 3.14. The summed E-state index contributed by atoms with van der Waals surface area (Å²) in [6.45, 7) is 7.49. The molecule has 0 bridgehead atoms. The van der Waals surface area contributed by atoms with Crippen LogP contribution in [0.4, 0.5) is 0 Å². The quantitative estimate of drug-likeness (QED) is 0.302. The van der Waals surface area contributed by atoms with Crippen molar-refractivity contribution >= 4 is 41.5 Å². The first-order valence-corrected chi connectivity index (χ1v) is 9.52. The lowest BCUT2D eigenvalue weighted by molar-refractivity contribution is 0.0347. The monoisotopic (exact) mass is 511 g/mol. The first-order chi connectivity index (χ1) is 12.6. The minimum Gasteiger partial charge on any atom is -0.379 e. The summed E-state index contributed by atoms with van der Waals surface area (Å²) in [7, 11) is 1.68. The molecule has 2 rings (SSSR count). The topological polar surface area (TPSA) is 64.1 Å². The fourth-order valence-corrected chi connectivity index (χ4v) is 2.92. The van der Waals surface area contributed by atoms with Crippen LogP contribution in [-0.2, 0) is 14.2 Å². The van der Waals surface area contributed by atoms with Crippen LogP contribution in [0.25, 0.3) is 0 Å². The van der Waals surface area contributed by atoms with Crippen LogP contribution in [0.1, 0.15) is 31.9 Å². The third-order valence-electron chi connectivity index (χ3n) is 4.12. The highest BCUT2D eigenvalue weighted by Crippen LogP contribution is 2.20. The molecule has 1 heterocycles. The van der Waals surface area contributed by atoms with Gasteiger partial charge in [0, 0.05) is 31.3 Å². The van der Waals surface area contributed by atoms with Gasteiger partial charge in [-0.3, -0.25) is 4.99 Å². The zero-order chi connectivity index (χ0) is 18.8. The molecule has 0 aromatic heterocycles. The van der Waals surface area contributed by atoms with Gasteiger partial charge in [0.1, 0.15) is 6.10 Å². The Morgan fingerprint density at radius 3 is 2.89 bits per heavy atom. The van der Waals surface area contributed by atoms with Crippen LogP contribution in [0.15, 0.2) is 29.3 Å². The van der Waals surface area contributed by atoms with Gasteiger partial charge in [0.15, 0.2) is 5.96 Å². The molecule has 1 aliphatic rings. The van der Waals surface area contributed by atoms with Crippen LogP contribution in [0, 0.1) is 0 Å². The van der Waals surface area contributed by atoms with Crippen molar-refractivity contribution in [1.29, 1.82) is 0 Å². The van der Waals surface area contributed by atoms with Gasteiger partial charge in [0.2, 0.25) is 0 Å². The highest BCUT2D eigenvalue weighted by Gasteiger charge is 2.17. The van der Waals surface area contributed by atoms with E-state index < -0.39 is 0 Å². The molecule has 1 aromatic rings. The van der Waals surface area contributed by atoms with E-state index in [1.54, 1.807) is 7.11 Å². The second-order valence-corrected chi connectivity index (χ2v) is 6.80. The number of halogens is 2. The minimum absolute atomic E-state index is 0. The Morgan fingerprint density at radius 2 is 2.26 bits per heavy atom. The molecule has 3 atom stereocenters. The Kier molecular flexibility index (Phi) is 12.3. The molecule has 1 fully saturated rings. The molecule has 0 aliphatic carbocycles. The van der Waals surface area contributed by atoms with Gasteiger partial charge in [-0.25, -0.2) is 0 Å². The van der Waals surface area contributed by atoms with Gasteiger partial charge < -0.3 is 24.8 Å². The molecular formula is C19H31ClIN3O3. The second-order valence-electron chi connectivity index (χ2n) is 6.36. The highest BCUT2D eigenvalue weighted by atomic mass is 127. The molecule has 3 unspecified atom stereocenters. The maximum absolute atomic E-state index is 6.08. The summed E-state index contributed by atoms with van der Waals surface area (Å²) in [6.07, 6.45) is 1.03. The Labute approximate surface area is 184 Å². The van der Waals surface area contributed by atoms with E-state index >= 15 is 0 Å². The smallest absolute Gasteiger partial charge is 0.191 e. The van der Waals surface area contributed by atoms with Crippen LogP contribution in [0.3, 0.4) is 0 Å². The molecule has 0 amide bonds. The van der Waals surface area contributed by atoms with Crippen molar-refractivity contribution < 1.29 is 14.2 Å². The molecule has 1 aromatic carbocycles. The van der Waals surface area contributed by atoms with Crippen molar-refractivity contribution in [2.75, 3.05) is 40.0 Å². The average molecular weight is 512 g/mol. The molecule has 2 N–H and O–H groups in total. The molecule has 154 valence electrons. The second kappa shape index (κ2) is 13.5. The number of guanidine groups is 1. The van der Waals surface area contributed by atoms with E-state index in [1.165, 1.54) is 0 Å². The van der Waals surface area contributed by atoms with Gasteiger partial charge in [-0.1, -0.05) is 23.7 Å². The number of methoxy groups -OCH3 is 1. The standard InChI is InChI=1S/C19H30ClN3O3.HI/c1-4-21-19(23-14(2)12-26-17-8-9-25-13-17)22-11-18(24-3)15-6-5-7-16(20)10-15;/h5-7,10,14,17-18H,4,8-9,11-13H2,1-3H3,(H2,21,22,23);1H. The van der Waals surface area contributed by atoms with Crippen LogP contribution in [-0.4, -0.2) is 58.1 Å². The summed E-state index contributed by atoms with van der Waals surface area (Å²) >= 11 is 6.08. The van der Waals surface area contributed by atoms with Gasteiger partial charge >= 0.3 is 0 Å². The van der Waals surface area contributed by atoms with Crippen LogP contribution >= 0.6 is 35.6 Å². The van der Waals surface area contributed by atoms with Gasteiger partial charge in [-0.05, 0) is 38.0 Å². The van der Waals surface area contributed by atoms with E-state index in [0.29, 0.717) is 24.8 Å². The van der Waals surface area contributed by atoms with Gasteiger partial charge in [0.05, 0.1) is 25.9 Å². The van der Waals surface area contributed by atoms with Crippen LogP contribution < -0.4 is 10.6 Å². The molecule has 27 heavy (non-hydrogen) atoms. The Hall–Kier alpha value is -0.610. The van der Waals surface area contributed by atoms with E-state index in [9.17, 15) is 0 Å². The van der Waals surface area contributed by atoms with Crippen molar-refractivity contribution in [3.8, 4) is 0 Å². The normalized spacial score (nSPS) is 19.3. The van der Waals surface area contributed by atoms with Crippen LogP contribution in [0.2, 0.25) is 5.02 Å². The van der Waals surface area contributed by atoms with E-state index in [1.807, 2.05) is 31.2 Å². The number of hydrogen-bond acceptors (Lipinski definition) is 4. The maximum atomic E-state index is 6.08. The Balaban J connectivity index is 0.00000364. The lowest BCUT2D eigenvalue weighted by Crippen LogP contribution is -2.44. The third-order valence-corrected chi connectivity index (χ3v) is 4.35. The molecule has 6 nitrogen and oxygen atoms in total. The van der Waals surface area contributed by atoms with Gasteiger partial charge in [-0.2, -0.15) is 0 Å². The number of rotatable bonds is 9. The Morgan fingerprint density at radius 1 is 1.44 bits per heavy atom. The maximum Gasteiger partial charge on any atom is 0.191 e. The number of benzene rings is 1. The Bertz CT molecular complexity index is 571. The molecule has 0 spiro atoms. The third kappa shape index (κ3) is 8.95. The molecule has 8 heteroatoms. The zero-order valence-electron chi connectivity index (χ0n) is 16.2. The van der Waals surface area contributed by atoms with E-state index in [0.717, 1.165) is 31.1 Å². The fourth-order valence-electron chi connectivity index (χ4n) is 2.72. The minimum atomic E-state index is -0.147. The summed E-state index contributed by atoms with van der Waals surface area (Å²) in [5, 5.41) is 7.33.